The molecule has 0 aromatic heterocycles. The molecule has 5 N–H and O–H groups in total. The lowest BCUT2D eigenvalue weighted by Gasteiger charge is -2.39. The topological polar surface area (TPSA) is 141 Å². The first-order valence-corrected chi connectivity index (χ1v) is 7.45. The van der Waals surface area contributed by atoms with E-state index < -0.39 is 37.3 Å². The van der Waals surface area contributed by atoms with Gasteiger partial charge >= 0.3 is 0 Å². The van der Waals surface area contributed by atoms with E-state index >= 15 is 0 Å². The second-order valence-electron chi connectivity index (χ2n) is 4.75. The summed E-state index contributed by atoms with van der Waals surface area (Å²) in [5.41, 5.74) is 0. The van der Waals surface area contributed by atoms with Crippen LogP contribution in [0.2, 0.25) is 0 Å². The second kappa shape index (κ2) is 7.49. The summed E-state index contributed by atoms with van der Waals surface area (Å²) in [4.78, 5) is 4.06. The predicted octanol–water partition coefficient (Wildman–Crippen LogP) is -1.33. The maximum absolute atomic E-state index is 9.93. The molecule has 10 heteroatoms. The molecule has 0 amide bonds. The van der Waals surface area contributed by atoms with Crippen molar-refractivity contribution in [2.75, 3.05) is 20.3 Å². The smallest absolute Gasteiger partial charge is 0.253 e. The number of methoxy groups -OCH3 is 1. The van der Waals surface area contributed by atoms with Gasteiger partial charge in [0.2, 0.25) is 11.4 Å². The van der Waals surface area contributed by atoms with Gasteiger partial charge in [-0.3, -0.25) is 0 Å². The number of aliphatic hydroxyl groups is 5. The van der Waals surface area contributed by atoms with Crippen LogP contribution in [-0.2, 0) is 14.2 Å². The van der Waals surface area contributed by atoms with Crippen LogP contribution in [0, 0.1) is 0 Å². The average molecular weight is 337 g/mol. The van der Waals surface area contributed by atoms with Crippen LogP contribution in [0.3, 0.4) is 0 Å². The molecule has 2 aliphatic heterocycles. The Labute approximate surface area is 130 Å². The summed E-state index contributed by atoms with van der Waals surface area (Å²) in [5.74, 6) is -0.0993. The van der Waals surface area contributed by atoms with Gasteiger partial charge in [-0.15, -0.1) is 0 Å². The van der Waals surface area contributed by atoms with Crippen molar-refractivity contribution in [3.63, 3.8) is 0 Å². The van der Waals surface area contributed by atoms with Gasteiger partial charge in [0, 0.05) is 18.2 Å². The molecule has 22 heavy (non-hydrogen) atoms. The van der Waals surface area contributed by atoms with Gasteiger partial charge in [-0.05, 0) is 0 Å². The van der Waals surface area contributed by atoms with Crippen molar-refractivity contribution in [1.29, 1.82) is 0 Å². The molecule has 5 atom stereocenters. The molecule has 2 rings (SSSR count). The fourth-order valence-electron chi connectivity index (χ4n) is 1.99. The van der Waals surface area contributed by atoms with Gasteiger partial charge in [0.15, 0.2) is 0 Å². The van der Waals surface area contributed by atoms with E-state index in [4.69, 9.17) is 19.3 Å². The number of rotatable bonds is 3. The Bertz CT molecular complexity index is 454. The summed E-state index contributed by atoms with van der Waals surface area (Å²) in [7, 11) is 1.42. The molecule has 2 heterocycles. The first-order chi connectivity index (χ1) is 10.5. The summed E-state index contributed by atoms with van der Waals surface area (Å²) in [6.45, 7) is -0.253. The number of nitrogens with zero attached hydrogens (tertiary/aromatic N) is 1. The van der Waals surface area contributed by atoms with E-state index in [0.717, 1.165) is 11.8 Å². The highest BCUT2D eigenvalue weighted by Crippen LogP contribution is 2.31. The molecular formula is C12H19NO8S. The van der Waals surface area contributed by atoms with E-state index in [1.807, 2.05) is 0 Å². The average Bonchev–Trinajstić information content (AvgIpc) is 2.69. The minimum atomic E-state index is -1.55. The molecule has 2 aliphatic rings. The van der Waals surface area contributed by atoms with E-state index in [9.17, 15) is 20.4 Å². The van der Waals surface area contributed by atoms with Gasteiger partial charge in [-0.2, -0.15) is 0 Å². The predicted molar refractivity (Wildman–Crippen MR) is 76.0 cm³/mol. The highest BCUT2D eigenvalue weighted by Gasteiger charge is 2.45. The van der Waals surface area contributed by atoms with Crippen molar-refractivity contribution in [1.82, 2.24) is 0 Å². The third-order valence-corrected chi connectivity index (χ3v) is 4.24. The molecule has 0 aromatic carbocycles. The third kappa shape index (κ3) is 3.65. The standard InChI is InChI=1S/C12H19NO8S/c1-19-12-13-3-2-5(15)11(22-12)21-10-9(18)8(17)7(16)6(4-14)20-10/h6-10,14-18H,2-4H2,1H3/t6-,7-,8+,9-,10+/m1/s1. The molecule has 0 bridgehead atoms. The van der Waals surface area contributed by atoms with Crippen LogP contribution < -0.4 is 0 Å². The van der Waals surface area contributed by atoms with Crippen molar-refractivity contribution < 1.29 is 39.7 Å². The van der Waals surface area contributed by atoms with Crippen molar-refractivity contribution in [3.05, 3.63) is 10.9 Å². The molecule has 0 radical (unpaired) electrons. The van der Waals surface area contributed by atoms with Gasteiger partial charge in [0.1, 0.15) is 30.2 Å². The van der Waals surface area contributed by atoms with Crippen LogP contribution in [0.25, 0.3) is 0 Å². The first-order valence-electron chi connectivity index (χ1n) is 6.63. The van der Waals surface area contributed by atoms with Crippen molar-refractivity contribution >= 4 is 17.0 Å². The van der Waals surface area contributed by atoms with E-state index in [1.54, 1.807) is 0 Å². The maximum Gasteiger partial charge on any atom is 0.253 e. The van der Waals surface area contributed by atoms with E-state index in [2.05, 4.69) is 4.99 Å². The minimum absolute atomic E-state index is 0.0161. The molecule has 0 aromatic rings. The maximum atomic E-state index is 9.93. The van der Waals surface area contributed by atoms with Crippen LogP contribution in [0.5, 0.6) is 0 Å². The summed E-state index contributed by atoms with van der Waals surface area (Å²) >= 11 is 0.904. The van der Waals surface area contributed by atoms with E-state index in [1.165, 1.54) is 7.11 Å². The SMILES string of the molecule is COC1=NCCC(O)=C(O[C@@H]2O[C@H](CO)[C@@H](O)[C@H](O)[C@H]2O)S1. The van der Waals surface area contributed by atoms with Crippen LogP contribution in [-0.4, -0.2) is 81.7 Å². The quantitative estimate of drug-likeness (QED) is 0.423. The Hall–Kier alpha value is -1.04. The minimum Gasteiger partial charge on any atom is -0.508 e. The number of aliphatic hydroxyl groups excluding tert-OH is 5. The molecule has 0 unspecified atom stereocenters. The summed E-state index contributed by atoms with van der Waals surface area (Å²) < 4.78 is 15.6. The molecule has 1 fully saturated rings. The fourth-order valence-corrected chi connectivity index (χ4v) is 2.75. The Balaban J connectivity index is 2.12. The zero-order valence-electron chi connectivity index (χ0n) is 11.8. The molecule has 126 valence electrons. The van der Waals surface area contributed by atoms with Crippen LogP contribution in [0.4, 0.5) is 0 Å². The highest BCUT2D eigenvalue weighted by molar-refractivity contribution is 8.16. The van der Waals surface area contributed by atoms with Crippen LogP contribution in [0.1, 0.15) is 6.42 Å². The fraction of sp³-hybridized carbons (Fsp3) is 0.750. The molecule has 9 nitrogen and oxygen atoms in total. The Morgan fingerprint density at radius 3 is 2.64 bits per heavy atom. The largest absolute Gasteiger partial charge is 0.508 e. The number of hydrogen-bond donors (Lipinski definition) is 5. The number of thioether (sulfide) groups is 1. The van der Waals surface area contributed by atoms with Crippen molar-refractivity contribution in [3.8, 4) is 0 Å². The van der Waals surface area contributed by atoms with Gasteiger partial charge in [0.05, 0.1) is 20.3 Å². The van der Waals surface area contributed by atoms with Crippen molar-refractivity contribution in [2.45, 2.75) is 37.1 Å². The molecule has 0 saturated carbocycles. The van der Waals surface area contributed by atoms with Gasteiger partial charge < -0.3 is 39.7 Å². The highest BCUT2D eigenvalue weighted by atomic mass is 32.2. The number of ether oxygens (including phenoxy) is 3. The molecular weight excluding hydrogens is 318 g/mol. The number of aliphatic imine (C=N–C) groups is 1. The zero-order chi connectivity index (χ0) is 16.3. The summed E-state index contributed by atoms with van der Waals surface area (Å²) in [5, 5.41) is 48.7. The summed E-state index contributed by atoms with van der Waals surface area (Å²) in [6.07, 6.45) is -6.81. The van der Waals surface area contributed by atoms with E-state index in [-0.39, 0.29) is 22.5 Å². The lowest BCUT2D eigenvalue weighted by Crippen LogP contribution is -2.59. The first kappa shape index (κ1) is 17.3. The van der Waals surface area contributed by atoms with Crippen LogP contribution >= 0.6 is 11.8 Å². The summed E-state index contributed by atoms with van der Waals surface area (Å²) in [6, 6.07) is 0. The van der Waals surface area contributed by atoms with Gasteiger partial charge in [-0.25, -0.2) is 4.99 Å². The van der Waals surface area contributed by atoms with Crippen molar-refractivity contribution in [2.24, 2.45) is 4.99 Å². The molecule has 1 saturated heterocycles. The molecule has 0 spiro atoms. The second-order valence-corrected chi connectivity index (χ2v) is 5.68. The number of hydrogen-bond acceptors (Lipinski definition) is 10. The van der Waals surface area contributed by atoms with E-state index in [0.29, 0.717) is 6.54 Å². The van der Waals surface area contributed by atoms with Crippen LogP contribution in [0.15, 0.2) is 15.8 Å². The monoisotopic (exact) mass is 337 g/mol. The Morgan fingerprint density at radius 2 is 2.00 bits per heavy atom. The Morgan fingerprint density at radius 1 is 1.27 bits per heavy atom. The lowest BCUT2D eigenvalue weighted by molar-refractivity contribution is -0.289. The zero-order valence-corrected chi connectivity index (χ0v) is 12.6. The Kier molecular flexibility index (Phi) is 5.89. The van der Waals surface area contributed by atoms with Gasteiger partial charge in [-0.1, -0.05) is 0 Å². The normalized spacial score (nSPS) is 36.6. The third-order valence-electron chi connectivity index (χ3n) is 3.25. The molecule has 0 aliphatic carbocycles. The van der Waals surface area contributed by atoms with Gasteiger partial charge in [0.25, 0.3) is 5.23 Å². The lowest BCUT2D eigenvalue weighted by atomic mass is 9.99.